The maximum atomic E-state index is 11.6. The molecule has 0 aromatic carbocycles. The fraction of sp³-hybridized carbons (Fsp3) is 0.308. The predicted molar refractivity (Wildman–Crippen MR) is 88.3 cm³/mol. The minimum atomic E-state index is -0.617. The van der Waals surface area contributed by atoms with Gasteiger partial charge in [-0.25, -0.2) is 19.3 Å². The highest BCUT2D eigenvalue weighted by molar-refractivity contribution is 9.10. The third kappa shape index (κ3) is 4.74. The number of carbonyl (C=O) groups excluding carboxylic acids is 1. The lowest BCUT2D eigenvalue weighted by molar-refractivity contribution is 0.0552. The second-order valence-corrected chi connectivity index (χ2v) is 6.27. The van der Waals surface area contributed by atoms with E-state index in [0.717, 1.165) is 6.21 Å². The number of fused-ring (bicyclic) bond motifs is 1. The van der Waals surface area contributed by atoms with Crippen molar-refractivity contribution < 1.29 is 9.53 Å². The predicted octanol–water partition coefficient (Wildman–Crippen LogP) is 2.31. The Balaban J connectivity index is 2.15. The van der Waals surface area contributed by atoms with Crippen LogP contribution in [0.25, 0.3) is 5.65 Å². The minimum Gasteiger partial charge on any atom is -0.444 e. The molecule has 0 unspecified atom stereocenters. The van der Waals surface area contributed by atoms with E-state index in [-0.39, 0.29) is 0 Å². The fourth-order valence-electron chi connectivity index (χ4n) is 1.58. The van der Waals surface area contributed by atoms with Crippen LogP contribution in [0, 0.1) is 5.41 Å². The number of ether oxygens (including phenoxy) is 1. The highest BCUT2D eigenvalue weighted by atomic mass is 79.9. The number of allylic oxidation sites excluding steroid dienone is 1. The van der Waals surface area contributed by atoms with Crippen LogP contribution in [-0.2, 0) is 4.74 Å². The summed E-state index contributed by atoms with van der Waals surface area (Å²) < 4.78 is 7.19. The maximum absolute atomic E-state index is 11.6. The number of aromatic nitrogens is 4. The van der Waals surface area contributed by atoms with E-state index in [1.165, 1.54) is 17.0 Å². The van der Waals surface area contributed by atoms with E-state index in [1.807, 2.05) is 0 Å². The van der Waals surface area contributed by atoms with Gasteiger partial charge in [0, 0.05) is 12.4 Å². The molecule has 2 rings (SSSR count). The van der Waals surface area contributed by atoms with Gasteiger partial charge in [-0.3, -0.25) is 5.32 Å². The van der Waals surface area contributed by atoms with Crippen molar-refractivity contribution in [3.63, 3.8) is 0 Å². The first kappa shape index (κ1) is 16.9. The average molecular weight is 382 g/mol. The van der Waals surface area contributed by atoms with E-state index in [0.29, 0.717) is 21.8 Å². The van der Waals surface area contributed by atoms with Gasteiger partial charge in [-0.05, 0) is 36.7 Å². The summed E-state index contributed by atoms with van der Waals surface area (Å²) in [6, 6.07) is 0. The lowest BCUT2D eigenvalue weighted by Gasteiger charge is -2.19. The van der Waals surface area contributed by atoms with Crippen LogP contribution in [0.15, 0.2) is 29.0 Å². The number of nitrogens with zero attached hydrogens (tertiary/aromatic N) is 4. The Morgan fingerprint density at radius 2 is 2.22 bits per heavy atom. The zero-order valence-corrected chi connectivity index (χ0v) is 14.4. The number of halogens is 1. The Kier molecular flexibility index (Phi) is 4.94. The van der Waals surface area contributed by atoms with E-state index >= 15 is 0 Å². The van der Waals surface area contributed by atoms with Crippen LogP contribution in [0.3, 0.4) is 0 Å². The van der Waals surface area contributed by atoms with Gasteiger partial charge < -0.3 is 15.5 Å². The standard InChI is InChI=1S/C13H16BrN7O2/c1-13(2,3)23-12(22)16-5-8(4-15)19-10-11-17-7-18-21(11)6-9(14)20-10/h4-7,15H,1-3H3,(H,16,22)(H,19,20)/b8-5+,15-4?. The van der Waals surface area contributed by atoms with Gasteiger partial charge in [-0.15, -0.1) is 0 Å². The number of rotatable bonds is 4. The molecule has 0 aliphatic rings. The van der Waals surface area contributed by atoms with Gasteiger partial charge in [0.1, 0.15) is 16.5 Å². The first-order valence-electron chi connectivity index (χ1n) is 6.61. The van der Waals surface area contributed by atoms with Crippen LogP contribution >= 0.6 is 15.9 Å². The van der Waals surface area contributed by atoms with Crippen LogP contribution in [0.1, 0.15) is 20.8 Å². The van der Waals surface area contributed by atoms with E-state index in [2.05, 4.69) is 41.6 Å². The highest BCUT2D eigenvalue weighted by Gasteiger charge is 2.15. The molecule has 0 atom stereocenters. The van der Waals surface area contributed by atoms with Crippen molar-refractivity contribution in [3.8, 4) is 0 Å². The summed E-state index contributed by atoms with van der Waals surface area (Å²) in [7, 11) is 0. The van der Waals surface area contributed by atoms with E-state index in [1.54, 1.807) is 27.0 Å². The first-order chi connectivity index (χ1) is 10.8. The number of nitrogens with one attached hydrogen (secondary N) is 3. The Labute approximate surface area is 140 Å². The molecular formula is C13H16BrN7O2. The van der Waals surface area contributed by atoms with Gasteiger partial charge in [-0.2, -0.15) is 5.10 Å². The number of anilines is 1. The molecule has 0 saturated carbocycles. The van der Waals surface area contributed by atoms with Crippen molar-refractivity contribution in [1.82, 2.24) is 24.9 Å². The zero-order chi connectivity index (χ0) is 17.0. The molecule has 2 aromatic rings. The lowest BCUT2D eigenvalue weighted by Crippen LogP contribution is -2.30. The average Bonchev–Trinajstić information content (AvgIpc) is 2.89. The van der Waals surface area contributed by atoms with Crippen LogP contribution < -0.4 is 10.6 Å². The quantitative estimate of drug-likeness (QED) is 0.699. The monoisotopic (exact) mass is 381 g/mol. The Hall–Kier alpha value is -2.49. The second kappa shape index (κ2) is 6.73. The molecule has 0 bridgehead atoms. The van der Waals surface area contributed by atoms with Crippen LogP contribution in [-0.4, -0.2) is 37.5 Å². The summed E-state index contributed by atoms with van der Waals surface area (Å²) in [4.78, 5) is 20.0. The van der Waals surface area contributed by atoms with Gasteiger partial charge in [-0.1, -0.05) is 0 Å². The van der Waals surface area contributed by atoms with E-state index < -0.39 is 11.7 Å². The second-order valence-electron chi connectivity index (χ2n) is 5.46. The van der Waals surface area contributed by atoms with Crippen molar-refractivity contribution in [2.45, 2.75) is 26.4 Å². The fourth-order valence-corrected chi connectivity index (χ4v) is 1.95. The summed E-state index contributed by atoms with van der Waals surface area (Å²) in [5, 5.41) is 16.8. The summed E-state index contributed by atoms with van der Waals surface area (Å²) in [5.41, 5.74) is 0.181. The molecule has 0 radical (unpaired) electrons. The van der Waals surface area contributed by atoms with Crippen molar-refractivity contribution in [1.29, 1.82) is 5.41 Å². The topological polar surface area (TPSA) is 117 Å². The molecule has 122 valence electrons. The van der Waals surface area contributed by atoms with E-state index in [9.17, 15) is 4.79 Å². The van der Waals surface area contributed by atoms with Crippen molar-refractivity contribution in [2.75, 3.05) is 5.32 Å². The molecule has 23 heavy (non-hydrogen) atoms. The lowest BCUT2D eigenvalue weighted by atomic mass is 10.2. The van der Waals surface area contributed by atoms with Crippen LogP contribution in [0.4, 0.5) is 10.6 Å². The first-order valence-corrected chi connectivity index (χ1v) is 7.41. The van der Waals surface area contributed by atoms with Gasteiger partial charge in [0.25, 0.3) is 0 Å². The number of carbonyl (C=O) groups is 1. The van der Waals surface area contributed by atoms with Gasteiger partial charge >= 0.3 is 6.09 Å². The summed E-state index contributed by atoms with van der Waals surface area (Å²) in [6.45, 7) is 5.29. The van der Waals surface area contributed by atoms with Crippen LogP contribution in [0.2, 0.25) is 0 Å². The largest absolute Gasteiger partial charge is 0.444 e. The molecule has 9 nitrogen and oxygen atoms in total. The van der Waals surface area contributed by atoms with Gasteiger partial charge in [0.15, 0.2) is 11.5 Å². The third-order valence-electron chi connectivity index (χ3n) is 2.39. The van der Waals surface area contributed by atoms with Crippen molar-refractivity contribution >= 4 is 39.7 Å². The number of alkyl carbamates (subject to hydrolysis) is 1. The van der Waals surface area contributed by atoms with Crippen LogP contribution in [0.5, 0.6) is 0 Å². The van der Waals surface area contributed by atoms with Crippen molar-refractivity contribution in [3.05, 3.63) is 29.0 Å². The number of amides is 1. The SMILES string of the molecule is CC(C)(C)OC(=O)N/C=C(\C=N)Nc1nc(Br)cn2ncnc12. The van der Waals surface area contributed by atoms with Gasteiger partial charge in [0.05, 0.1) is 11.9 Å². The minimum absolute atomic E-state index is 0.298. The van der Waals surface area contributed by atoms with Crippen molar-refractivity contribution in [2.24, 2.45) is 0 Å². The molecular weight excluding hydrogens is 366 g/mol. The molecule has 10 heteroatoms. The number of hydrogen-bond acceptors (Lipinski definition) is 7. The van der Waals surface area contributed by atoms with E-state index in [4.69, 9.17) is 10.1 Å². The molecule has 2 aromatic heterocycles. The molecule has 0 aliphatic heterocycles. The zero-order valence-electron chi connectivity index (χ0n) is 12.8. The summed E-state index contributed by atoms with van der Waals surface area (Å²) in [5.74, 6) is 0.387. The molecule has 0 spiro atoms. The molecule has 1 amide bonds. The normalized spacial score (nSPS) is 12.1. The summed E-state index contributed by atoms with van der Waals surface area (Å²) >= 11 is 3.27. The molecule has 3 N–H and O–H groups in total. The van der Waals surface area contributed by atoms with Gasteiger partial charge in [0.2, 0.25) is 0 Å². The Morgan fingerprint density at radius 1 is 1.48 bits per heavy atom. The molecule has 2 heterocycles. The molecule has 0 saturated heterocycles. The highest BCUT2D eigenvalue weighted by Crippen LogP contribution is 2.17. The maximum Gasteiger partial charge on any atom is 0.411 e. The molecule has 0 aliphatic carbocycles. The Bertz CT molecular complexity index is 763. The summed E-state index contributed by atoms with van der Waals surface area (Å²) in [6.07, 6.45) is 4.78. The molecule has 0 fully saturated rings. The smallest absolute Gasteiger partial charge is 0.411 e. The Morgan fingerprint density at radius 3 is 2.87 bits per heavy atom. The number of hydrogen-bond donors (Lipinski definition) is 3. The third-order valence-corrected chi connectivity index (χ3v) is 2.78.